The van der Waals surface area contributed by atoms with Crippen molar-refractivity contribution in [2.24, 2.45) is 0 Å². The highest BCUT2D eigenvalue weighted by molar-refractivity contribution is 7.27. The van der Waals surface area contributed by atoms with Crippen LogP contribution in [0, 0.1) is 13.8 Å². The first-order valence-electron chi connectivity index (χ1n) is 17.9. The van der Waals surface area contributed by atoms with Gasteiger partial charge in [-0.1, -0.05) is 130 Å². The van der Waals surface area contributed by atoms with Crippen molar-refractivity contribution in [1.82, 2.24) is 0 Å². The average Bonchev–Trinajstić information content (AvgIpc) is 3.73. The molecular formula is C39H60S3. The summed E-state index contributed by atoms with van der Waals surface area (Å²) in [4.78, 5) is 9.40. The van der Waals surface area contributed by atoms with Crippen molar-refractivity contribution in [2.75, 3.05) is 0 Å². The average molecular weight is 625 g/mol. The molecule has 3 heterocycles. The zero-order valence-electron chi connectivity index (χ0n) is 27.8. The molecule has 1 aliphatic carbocycles. The number of thiophene rings is 3. The summed E-state index contributed by atoms with van der Waals surface area (Å²) in [5, 5.41) is 0. The minimum absolute atomic E-state index is 0.242. The first-order chi connectivity index (χ1) is 20.5. The third-order valence-electron chi connectivity index (χ3n) is 9.69. The van der Waals surface area contributed by atoms with Crippen LogP contribution in [0.15, 0.2) is 18.2 Å². The quantitative estimate of drug-likeness (QED) is 0.0976. The molecule has 0 N–H and O–H groups in total. The van der Waals surface area contributed by atoms with Gasteiger partial charge in [-0.2, -0.15) is 0 Å². The van der Waals surface area contributed by atoms with Crippen LogP contribution < -0.4 is 0 Å². The molecule has 0 fully saturated rings. The fraction of sp³-hybridized carbons (Fsp3) is 0.692. The summed E-state index contributed by atoms with van der Waals surface area (Å²) in [7, 11) is 0. The molecule has 0 amide bonds. The van der Waals surface area contributed by atoms with Crippen LogP contribution in [-0.4, -0.2) is 0 Å². The number of rotatable bonds is 22. The van der Waals surface area contributed by atoms with E-state index < -0.39 is 0 Å². The van der Waals surface area contributed by atoms with E-state index in [1.54, 1.807) is 36.2 Å². The van der Waals surface area contributed by atoms with E-state index in [0.29, 0.717) is 0 Å². The Bertz CT molecular complexity index is 1170. The molecule has 0 spiro atoms. The Morgan fingerprint density at radius 3 is 1.52 bits per heavy atom. The van der Waals surface area contributed by atoms with Gasteiger partial charge >= 0.3 is 0 Å². The topological polar surface area (TPSA) is 0 Å². The second-order valence-corrected chi connectivity index (χ2v) is 16.9. The van der Waals surface area contributed by atoms with Gasteiger partial charge in [0.1, 0.15) is 0 Å². The second-order valence-electron chi connectivity index (χ2n) is 13.3. The van der Waals surface area contributed by atoms with Crippen LogP contribution in [0.4, 0.5) is 0 Å². The van der Waals surface area contributed by atoms with Crippen LogP contribution in [0.3, 0.4) is 0 Å². The third-order valence-corrected chi connectivity index (χ3v) is 13.3. The predicted octanol–water partition coefficient (Wildman–Crippen LogP) is 14.8. The Morgan fingerprint density at radius 1 is 0.476 bits per heavy atom. The first-order valence-corrected chi connectivity index (χ1v) is 20.3. The summed E-state index contributed by atoms with van der Waals surface area (Å²) < 4.78 is 0. The van der Waals surface area contributed by atoms with Crippen LogP contribution in [-0.2, 0) is 11.8 Å². The van der Waals surface area contributed by atoms with Gasteiger partial charge < -0.3 is 0 Å². The maximum absolute atomic E-state index is 2.70. The minimum Gasteiger partial charge on any atom is -0.139 e. The highest BCUT2D eigenvalue weighted by Crippen LogP contribution is 2.61. The molecule has 1 aliphatic rings. The van der Waals surface area contributed by atoms with E-state index in [1.165, 1.54) is 145 Å². The Morgan fingerprint density at radius 2 is 0.929 bits per heavy atom. The van der Waals surface area contributed by atoms with Gasteiger partial charge in [0, 0.05) is 34.7 Å². The Balaban J connectivity index is 1.58. The van der Waals surface area contributed by atoms with Crippen molar-refractivity contribution in [3.05, 3.63) is 44.6 Å². The van der Waals surface area contributed by atoms with Crippen LogP contribution in [0.5, 0.6) is 0 Å². The first kappa shape index (κ1) is 34.0. The summed E-state index contributed by atoms with van der Waals surface area (Å²) in [6.45, 7) is 11.6. The fourth-order valence-corrected chi connectivity index (χ4v) is 11.1. The van der Waals surface area contributed by atoms with E-state index >= 15 is 0 Å². The van der Waals surface area contributed by atoms with Gasteiger partial charge in [0.05, 0.1) is 0 Å². The molecule has 4 rings (SSSR count). The molecular weight excluding hydrogens is 565 g/mol. The number of hydrogen-bond donors (Lipinski definition) is 0. The maximum Gasteiger partial charge on any atom is 0.0493 e. The van der Waals surface area contributed by atoms with Crippen LogP contribution in [0.2, 0.25) is 0 Å². The Hall–Kier alpha value is -0.900. The SMILES string of the molecule is CCCCCCCCc1cc(C)sc1-c1cc2c(s1)-c1sc(C)cc1C2(CCCCCCCC)CCCCCCCC. The number of unbranched alkanes of at least 4 members (excludes halogenated alkanes) is 15. The lowest BCUT2D eigenvalue weighted by atomic mass is 9.71. The van der Waals surface area contributed by atoms with Gasteiger partial charge in [-0.15, -0.1) is 34.0 Å². The highest BCUT2D eigenvalue weighted by atomic mass is 32.1. The van der Waals surface area contributed by atoms with E-state index in [-0.39, 0.29) is 5.41 Å². The Labute approximate surface area is 271 Å². The second kappa shape index (κ2) is 17.6. The normalized spacial score (nSPS) is 13.6. The van der Waals surface area contributed by atoms with Crippen LogP contribution in [0.25, 0.3) is 19.5 Å². The van der Waals surface area contributed by atoms with E-state index in [0.717, 1.165) is 0 Å². The van der Waals surface area contributed by atoms with Gasteiger partial charge in [-0.25, -0.2) is 0 Å². The molecule has 0 saturated heterocycles. The molecule has 0 aromatic carbocycles. The lowest BCUT2D eigenvalue weighted by Gasteiger charge is -2.31. The monoisotopic (exact) mass is 624 g/mol. The molecule has 0 saturated carbocycles. The number of fused-ring (bicyclic) bond motifs is 3. The summed E-state index contributed by atoms with van der Waals surface area (Å²) in [5.41, 5.74) is 5.27. The molecule has 0 aliphatic heterocycles. The summed E-state index contributed by atoms with van der Waals surface area (Å²) in [5.74, 6) is 0. The van der Waals surface area contributed by atoms with Gasteiger partial charge in [-0.05, 0) is 74.4 Å². The minimum atomic E-state index is 0.242. The van der Waals surface area contributed by atoms with E-state index in [1.807, 2.05) is 0 Å². The van der Waals surface area contributed by atoms with Crippen LogP contribution in [0.1, 0.15) is 176 Å². The molecule has 0 atom stereocenters. The fourth-order valence-electron chi connectivity index (χ4n) is 7.35. The molecule has 3 heteroatoms. The van der Waals surface area contributed by atoms with Gasteiger partial charge in [0.25, 0.3) is 0 Å². The lowest BCUT2D eigenvalue weighted by Crippen LogP contribution is -2.25. The van der Waals surface area contributed by atoms with Crippen molar-refractivity contribution >= 4 is 34.0 Å². The number of aryl methyl sites for hydroxylation is 3. The zero-order chi connectivity index (χ0) is 29.8. The van der Waals surface area contributed by atoms with E-state index in [4.69, 9.17) is 0 Å². The Kier molecular flexibility index (Phi) is 14.2. The molecule has 3 aromatic rings. The predicted molar refractivity (Wildman–Crippen MR) is 194 cm³/mol. The third kappa shape index (κ3) is 8.63. The maximum atomic E-state index is 2.70. The molecule has 0 nitrogen and oxygen atoms in total. The molecule has 0 unspecified atom stereocenters. The summed E-state index contributed by atoms with van der Waals surface area (Å²) in [6.07, 6.45) is 28.9. The smallest absolute Gasteiger partial charge is 0.0493 e. The van der Waals surface area contributed by atoms with Crippen molar-refractivity contribution in [3.63, 3.8) is 0 Å². The highest BCUT2D eigenvalue weighted by Gasteiger charge is 2.45. The molecule has 0 radical (unpaired) electrons. The van der Waals surface area contributed by atoms with Gasteiger partial charge in [0.2, 0.25) is 0 Å². The van der Waals surface area contributed by atoms with Crippen molar-refractivity contribution in [3.8, 4) is 19.5 Å². The van der Waals surface area contributed by atoms with Crippen molar-refractivity contribution < 1.29 is 0 Å². The number of hydrogen-bond acceptors (Lipinski definition) is 3. The summed E-state index contributed by atoms with van der Waals surface area (Å²) in [6, 6.07) is 7.81. The molecule has 3 aromatic heterocycles. The lowest BCUT2D eigenvalue weighted by molar-refractivity contribution is 0.398. The standard InChI is InChI=1S/C39H60S3/c1-6-9-12-15-18-21-24-32-27-30(4)40-36(32)35-29-34-38(42-35)37-33(28-31(5)41-37)39(34,25-22-19-16-13-10-7-2)26-23-20-17-14-11-8-3/h27-29H,6-26H2,1-5H3. The van der Waals surface area contributed by atoms with Crippen molar-refractivity contribution in [2.45, 2.75) is 175 Å². The largest absolute Gasteiger partial charge is 0.139 e. The molecule has 234 valence electrons. The molecule has 42 heavy (non-hydrogen) atoms. The van der Waals surface area contributed by atoms with Gasteiger partial charge in [-0.3, -0.25) is 0 Å². The van der Waals surface area contributed by atoms with E-state index in [2.05, 4.69) is 86.8 Å². The van der Waals surface area contributed by atoms with Crippen molar-refractivity contribution in [1.29, 1.82) is 0 Å². The van der Waals surface area contributed by atoms with Gasteiger partial charge in [0.15, 0.2) is 0 Å². The zero-order valence-corrected chi connectivity index (χ0v) is 30.3. The molecule has 0 bridgehead atoms. The van der Waals surface area contributed by atoms with E-state index in [9.17, 15) is 0 Å². The van der Waals surface area contributed by atoms with Crippen LogP contribution >= 0.6 is 34.0 Å². The summed E-state index contributed by atoms with van der Waals surface area (Å²) >= 11 is 6.26.